The minimum atomic E-state index is -0.285. The summed E-state index contributed by atoms with van der Waals surface area (Å²) in [4.78, 5) is 1.05. The molecule has 1 atom stereocenters. The summed E-state index contributed by atoms with van der Waals surface area (Å²) in [7, 11) is 0. The van der Waals surface area contributed by atoms with Crippen LogP contribution in [-0.2, 0) is 0 Å². The Morgan fingerprint density at radius 1 is 1.35 bits per heavy atom. The first-order valence-corrected chi connectivity index (χ1v) is 8.94. The molecule has 0 aliphatic heterocycles. The molecule has 1 nitrogen and oxygen atoms in total. The highest BCUT2D eigenvalue weighted by Gasteiger charge is 2.20. The van der Waals surface area contributed by atoms with Gasteiger partial charge in [0.25, 0.3) is 0 Å². The lowest BCUT2D eigenvalue weighted by Crippen LogP contribution is -2.23. The Morgan fingerprint density at radius 3 is 2.65 bits per heavy atom. The average Bonchev–Trinajstić information content (AvgIpc) is 2.72. The number of nitrogens with one attached hydrogen (secondary N) is 1. The van der Waals surface area contributed by atoms with Crippen molar-refractivity contribution in [3.05, 3.63) is 53.8 Å². The molecule has 0 amide bonds. The number of hydrogen-bond donors (Lipinski definition) is 1. The lowest BCUT2D eigenvalue weighted by Gasteiger charge is -2.18. The number of benzene rings is 1. The van der Waals surface area contributed by atoms with Crippen LogP contribution in [-0.4, -0.2) is 6.54 Å². The van der Waals surface area contributed by atoms with Crippen LogP contribution in [0.4, 0.5) is 4.39 Å². The molecule has 1 heterocycles. The van der Waals surface area contributed by atoms with Gasteiger partial charge in [0.15, 0.2) is 0 Å². The summed E-state index contributed by atoms with van der Waals surface area (Å²) in [6, 6.07) is 6.66. The summed E-state index contributed by atoms with van der Waals surface area (Å²) in [6.07, 6.45) is 0.986. The molecule has 0 saturated heterocycles. The summed E-state index contributed by atoms with van der Waals surface area (Å²) in [5, 5.41) is 3.80. The Hall–Kier alpha value is 0.0600. The van der Waals surface area contributed by atoms with Crippen LogP contribution in [0.15, 0.2) is 32.5 Å². The minimum absolute atomic E-state index is 0.167. The molecule has 0 bridgehead atoms. The highest BCUT2D eigenvalue weighted by atomic mass is 79.9. The fourth-order valence-electron chi connectivity index (χ4n) is 1.89. The van der Waals surface area contributed by atoms with Gasteiger partial charge in [-0.3, -0.25) is 0 Å². The van der Waals surface area contributed by atoms with Gasteiger partial charge in [-0.2, -0.15) is 0 Å². The zero-order chi connectivity index (χ0) is 14.7. The van der Waals surface area contributed by atoms with Gasteiger partial charge in [0, 0.05) is 19.9 Å². The van der Waals surface area contributed by atoms with E-state index in [9.17, 15) is 4.39 Å². The van der Waals surface area contributed by atoms with Gasteiger partial charge in [0.1, 0.15) is 5.82 Å². The van der Waals surface area contributed by atoms with Crippen molar-refractivity contribution in [1.82, 2.24) is 5.32 Å². The van der Waals surface area contributed by atoms with Gasteiger partial charge in [0.2, 0.25) is 0 Å². The summed E-state index contributed by atoms with van der Waals surface area (Å²) in [6.45, 7) is 2.91. The first kappa shape index (κ1) is 16.4. The van der Waals surface area contributed by atoms with Gasteiger partial charge in [-0.05, 0) is 63.0 Å². The van der Waals surface area contributed by atoms with Crippen LogP contribution in [0.25, 0.3) is 0 Å². The Morgan fingerprint density at radius 2 is 2.10 bits per heavy atom. The third-order valence-corrected chi connectivity index (χ3v) is 6.38. The third kappa shape index (κ3) is 3.83. The number of hydrogen-bond acceptors (Lipinski definition) is 2. The maximum absolute atomic E-state index is 14.2. The van der Waals surface area contributed by atoms with E-state index in [1.807, 2.05) is 6.07 Å². The van der Waals surface area contributed by atoms with Crippen LogP contribution in [0.2, 0.25) is 5.02 Å². The molecule has 2 aromatic rings. The second kappa shape index (κ2) is 7.36. The van der Waals surface area contributed by atoms with Crippen molar-refractivity contribution in [3.63, 3.8) is 0 Å². The smallest absolute Gasteiger partial charge is 0.129 e. The van der Waals surface area contributed by atoms with Gasteiger partial charge >= 0.3 is 0 Å². The van der Waals surface area contributed by atoms with Crippen LogP contribution >= 0.6 is 54.8 Å². The maximum Gasteiger partial charge on any atom is 0.129 e. The van der Waals surface area contributed by atoms with Crippen LogP contribution in [0.1, 0.15) is 29.8 Å². The maximum atomic E-state index is 14.2. The fourth-order valence-corrected chi connectivity index (χ4v) is 4.24. The first-order valence-electron chi connectivity index (χ1n) is 6.16. The van der Waals surface area contributed by atoms with E-state index in [1.54, 1.807) is 23.5 Å². The summed E-state index contributed by atoms with van der Waals surface area (Å²) < 4.78 is 16.2. The molecule has 1 aromatic heterocycles. The van der Waals surface area contributed by atoms with E-state index in [0.717, 1.165) is 26.1 Å². The lowest BCUT2D eigenvalue weighted by atomic mass is 10.0. The van der Waals surface area contributed by atoms with Crippen LogP contribution in [0.5, 0.6) is 0 Å². The zero-order valence-corrected chi connectivity index (χ0v) is 15.5. The van der Waals surface area contributed by atoms with E-state index in [1.165, 1.54) is 6.07 Å². The molecule has 0 aliphatic carbocycles. The van der Waals surface area contributed by atoms with Gasteiger partial charge in [-0.15, -0.1) is 11.3 Å². The van der Waals surface area contributed by atoms with E-state index < -0.39 is 0 Å². The first-order chi connectivity index (χ1) is 9.52. The standard InChI is InChI=1S/C14H13Br2ClFNS/c1-2-5-19-13(12-7-10(15)14(16)20-12)9-4-3-8(17)6-11(9)18/h3-4,6-7,13,19H,2,5H2,1H3. The van der Waals surface area contributed by atoms with Crippen molar-refractivity contribution < 1.29 is 4.39 Å². The van der Waals surface area contributed by atoms with Crippen LogP contribution in [0.3, 0.4) is 0 Å². The summed E-state index contributed by atoms with van der Waals surface area (Å²) in [5.74, 6) is -0.285. The van der Waals surface area contributed by atoms with Crippen molar-refractivity contribution in [2.24, 2.45) is 0 Å². The molecular formula is C14H13Br2ClFNS. The quantitative estimate of drug-likeness (QED) is 0.586. The Balaban J connectivity index is 2.41. The van der Waals surface area contributed by atoms with E-state index in [0.29, 0.717) is 10.6 Å². The lowest BCUT2D eigenvalue weighted by molar-refractivity contribution is 0.551. The molecule has 0 radical (unpaired) electrons. The molecule has 1 unspecified atom stereocenters. The van der Waals surface area contributed by atoms with Crippen LogP contribution in [0, 0.1) is 5.82 Å². The molecule has 2 rings (SSSR count). The monoisotopic (exact) mass is 439 g/mol. The third-order valence-electron chi connectivity index (χ3n) is 2.82. The Labute approximate surface area is 143 Å². The normalized spacial score (nSPS) is 12.7. The summed E-state index contributed by atoms with van der Waals surface area (Å²) >= 11 is 14.4. The Kier molecular flexibility index (Phi) is 6.05. The zero-order valence-electron chi connectivity index (χ0n) is 10.7. The fraction of sp³-hybridized carbons (Fsp3) is 0.286. The van der Waals surface area contributed by atoms with E-state index in [4.69, 9.17) is 11.6 Å². The minimum Gasteiger partial charge on any atom is -0.306 e. The van der Waals surface area contributed by atoms with Crippen molar-refractivity contribution in [1.29, 1.82) is 0 Å². The number of halogens is 4. The molecule has 0 fully saturated rings. The van der Waals surface area contributed by atoms with Crippen molar-refractivity contribution in [3.8, 4) is 0 Å². The van der Waals surface area contributed by atoms with Gasteiger partial charge in [0.05, 0.1) is 9.83 Å². The van der Waals surface area contributed by atoms with Crippen molar-refractivity contribution in [2.75, 3.05) is 6.54 Å². The molecule has 0 aliphatic rings. The molecule has 1 aromatic carbocycles. The molecule has 1 N–H and O–H groups in total. The highest BCUT2D eigenvalue weighted by molar-refractivity contribution is 9.13. The van der Waals surface area contributed by atoms with Crippen LogP contribution < -0.4 is 5.32 Å². The predicted octanol–water partition coefficient (Wildman–Crippen LogP) is 6.15. The molecular weight excluding hydrogens is 428 g/mol. The highest BCUT2D eigenvalue weighted by Crippen LogP contribution is 2.38. The molecule has 108 valence electrons. The van der Waals surface area contributed by atoms with Crippen molar-refractivity contribution >= 4 is 54.8 Å². The predicted molar refractivity (Wildman–Crippen MR) is 91.3 cm³/mol. The summed E-state index contributed by atoms with van der Waals surface area (Å²) in [5.41, 5.74) is 0.615. The average molecular weight is 442 g/mol. The topological polar surface area (TPSA) is 12.0 Å². The Bertz CT molecular complexity index is 583. The molecule has 0 saturated carbocycles. The van der Waals surface area contributed by atoms with Gasteiger partial charge < -0.3 is 5.32 Å². The molecule has 6 heteroatoms. The second-order valence-corrected chi connectivity index (χ2v) is 8.02. The van der Waals surface area contributed by atoms with E-state index in [-0.39, 0.29) is 11.9 Å². The SMILES string of the molecule is CCCNC(c1cc(Br)c(Br)s1)c1ccc(Cl)cc1F. The van der Waals surface area contributed by atoms with Gasteiger partial charge in [-0.25, -0.2) is 4.39 Å². The molecule has 20 heavy (non-hydrogen) atoms. The second-order valence-electron chi connectivity index (χ2n) is 4.32. The number of rotatable bonds is 5. The molecule has 0 spiro atoms. The number of thiophene rings is 1. The van der Waals surface area contributed by atoms with E-state index in [2.05, 4.69) is 44.1 Å². The van der Waals surface area contributed by atoms with E-state index >= 15 is 0 Å². The van der Waals surface area contributed by atoms with Gasteiger partial charge in [-0.1, -0.05) is 24.6 Å². The van der Waals surface area contributed by atoms with Crippen molar-refractivity contribution in [2.45, 2.75) is 19.4 Å². The largest absolute Gasteiger partial charge is 0.306 e.